The summed E-state index contributed by atoms with van der Waals surface area (Å²) in [7, 11) is 0. The van der Waals surface area contributed by atoms with E-state index >= 15 is 0 Å². The van der Waals surface area contributed by atoms with E-state index in [1.165, 1.54) is 0 Å². The fourth-order valence-corrected chi connectivity index (χ4v) is 3.80. The van der Waals surface area contributed by atoms with Crippen LogP contribution in [0, 0.1) is 0 Å². The third-order valence-electron chi connectivity index (χ3n) is 4.90. The second-order valence-electron chi connectivity index (χ2n) is 6.45. The van der Waals surface area contributed by atoms with Crippen molar-refractivity contribution in [1.29, 1.82) is 0 Å². The molecule has 4 rings (SSSR count). The van der Waals surface area contributed by atoms with Crippen molar-refractivity contribution in [3.05, 3.63) is 69.2 Å². The number of oxazole rings is 1. The summed E-state index contributed by atoms with van der Waals surface area (Å²) in [6.07, 6.45) is 3.83. The highest BCUT2D eigenvalue weighted by atomic mass is 35.5. The maximum Gasteiger partial charge on any atom is 0.417 e. The number of nitrogens with one attached hydrogen (secondary N) is 2. The predicted molar refractivity (Wildman–Crippen MR) is 95.9 cm³/mol. The molecule has 1 aliphatic carbocycles. The second-order valence-corrected chi connectivity index (χ2v) is 6.88. The van der Waals surface area contributed by atoms with Gasteiger partial charge in [0.25, 0.3) is 5.91 Å². The number of aromatic nitrogens is 1. The quantitative estimate of drug-likeness (QED) is 0.745. The maximum absolute atomic E-state index is 13.0. The first kappa shape index (κ1) is 16.0. The lowest BCUT2D eigenvalue weighted by molar-refractivity contribution is 0.0899. The van der Waals surface area contributed by atoms with Gasteiger partial charge in [0.15, 0.2) is 5.58 Å². The van der Waals surface area contributed by atoms with Crippen molar-refractivity contribution < 1.29 is 9.21 Å². The summed E-state index contributed by atoms with van der Waals surface area (Å²) >= 11 is 6.00. The molecule has 1 aromatic heterocycles. The summed E-state index contributed by atoms with van der Waals surface area (Å²) in [5, 5.41) is 3.86. The molecule has 1 fully saturated rings. The zero-order valence-electron chi connectivity index (χ0n) is 13.5. The Hall–Kier alpha value is -2.53. The van der Waals surface area contributed by atoms with Gasteiger partial charge in [-0.15, -0.1) is 0 Å². The van der Waals surface area contributed by atoms with Crippen LogP contribution in [0.25, 0.3) is 11.1 Å². The zero-order valence-corrected chi connectivity index (χ0v) is 14.2. The monoisotopic (exact) mass is 356 g/mol. The van der Waals surface area contributed by atoms with E-state index in [9.17, 15) is 9.59 Å². The Bertz CT molecular complexity index is 982. The number of amides is 1. The zero-order chi connectivity index (χ0) is 17.4. The van der Waals surface area contributed by atoms with E-state index in [4.69, 9.17) is 16.0 Å². The SMILES string of the molecule is O=C(NC1(c2ccc(Cl)cc2)CCCC1)c1cccc2[nH]c(=O)oc12. The number of carbonyl (C=O) groups excluding carboxylic acids is 1. The lowest BCUT2D eigenvalue weighted by Gasteiger charge is -2.31. The van der Waals surface area contributed by atoms with E-state index in [0.717, 1.165) is 31.2 Å². The summed E-state index contributed by atoms with van der Waals surface area (Å²) in [6, 6.07) is 12.7. The highest BCUT2D eigenvalue weighted by Crippen LogP contribution is 2.39. The van der Waals surface area contributed by atoms with E-state index in [1.807, 2.05) is 24.3 Å². The molecule has 2 N–H and O–H groups in total. The van der Waals surface area contributed by atoms with Crippen molar-refractivity contribution >= 4 is 28.6 Å². The predicted octanol–water partition coefficient (Wildman–Crippen LogP) is 3.97. The Kier molecular flexibility index (Phi) is 3.88. The van der Waals surface area contributed by atoms with Gasteiger partial charge in [0.2, 0.25) is 0 Å². The van der Waals surface area contributed by atoms with Crippen molar-refractivity contribution in [3.63, 3.8) is 0 Å². The first-order chi connectivity index (χ1) is 12.1. The number of benzene rings is 2. The molecule has 25 heavy (non-hydrogen) atoms. The topological polar surface area (TPSA) is 75.1 Å². The number of hydrogen-bond acceptors (Lipinski definition) is 3. The smallest absolute Gasteiger partial charge is 0.407 e. The van der Waals surface area contributed by atoms with Crippen LogP contribution in [0.1, 0.15) is 41.6 Å². The number of H-pyrrole nitrogens is 1. The van der Waals surface area contributed by atoms with Gasteiger partial charge in [0.1, 0.15) is 0 Å². The highest BCUT2D eigenvalue weighted by Gasteiger charge is 2.37. The average molecular weight is 357 g/mol. The molecule has 1 aliphatic rings. The van der Waals surface area contributed by atoms with Crippen LogP contribution in [0.5, 0.6) is 0 Å². The van der Waals surface area contributed by atoms with Gasteiger partial charge in [-0.05, 0) is 42.7 Å². The molecule has 3 aromatic rings. The van der Waals surface area contributed by atoms with Crippen LogP contribution in [0.3, 0.4) is 0 Å². The summed E-state index contributed by atoms with van der Waals surface area (Å²) in [4.78, 5) is 27.0. The molecular formula is C19H17ClN2O3. The average Bonchev–Trinajstić information content (AvgIpc) is 3.21. The fraction of sp³-hybridized carbons (Fsp3) is 0.263. The minimum Gasteiger partial charge on any atom is -0.407 e. The van der Waals surface area contributed by atoms with Crippen molar-refractivity contribution in [1.82, 2.24) is 10.3 Å². The lowest BCUT2D eigenvalue weighted by Crippen LogP contribution is -2.43. The van der Waals surface area contributed by atoms with E-state index in [2.05, 4.69) is 10.3 Å². The van der Waals surface area contributed by atoms with E-state index < -0.39 is 11.3 Å². The van der Waals surface area contributed by atoms with E-state index in [0.29, 0.717) is 16.1 Å². The lowest BCUT2D eigenvalue weighted by atomic mass is 9.87. The number of fused-ring (bicyclic) bond motifs is 1. The number of rotatable bonds is 3. The molecule has 1 saturated carbocycles. The first-order valence-electron chi connectivity index (χ1n) is 8.28. The van der Waals surface area contributed by atoms with Gasteiger partial charge in [-0.3, -0.25) is 9.78 Å². The van der Waals surface area contributed by atoms with Gasteiger partial charge in [0.05, 0.1) is 16.6 Å². The van der Waals surface area contributed by atoms with Gasteiger partial charge in [-0.1, -0.05) is 42.6 Å². The highest BCUT2D eigenvalue weighted by molar-refractivity contribution is 6.30. The van der Waals surface area contributed by atoms with Gasteiger partial charge in [0, 0.05) is 5.02 Å². The Morgan fingerprint density at radius 2 is 1.84 bits per heavy atom. The van der Waals surface area contributed by atoms with Gasteiger partial charge in [-0.2, -0.15) is 0 Å². The molecule has 6 heteroatoms. The molecule has 128 valence electrons. The Morgan fingerprint density at radius 3 is 2.56 bits per heavy atom. The Balaban J connectivity index is 1.71. The van der Waals surface area contributed by atoms with Crippen molar-refractivity contribution in [3.8, 4) is 0 Å². The molecule has 0 bridgehead atoms. The molecule has 0 atom stereocenters. The van der Waals surface area contributed by atoms with Crippen LogP contribution in [0.4, 0.5) is 0 Å². The molecule has 0 saturated heterocycles. The molecular weight excluding hydrogens is 340 g/mol. The van der Waals surface area contributed by atoms with Gasteiger partial charge in [-0.25, -0.2) is 4.79 Å². The minimum absolute atomic E-state index is 0.245. The van der Waals surface area contributed by atoms with Crippen LogP contribution in [0.2, 0.25) is 5.02 Å². The van der Waals surface area contributed by atoms with E-state index in [-0.39, 0.29) is 11.5 Å². The largest absolute Gasteiger partial charge is 0.417 e. The third kappa shape index (κ3) is 2.85. The Labute approximate surface area is 149 Å². The number of carbonyl (C=O) groups is 1. The van der Waals surface area contributed by atoms with Crippen molar-refractivity contribution in [2.75, 3.05) is 0 Å². The van der Waals surface area contributed by atoms with Crippen LogP contribution in [0.15, 0.2) is 51.7 Å². The summed E-state index contributed by atoms with van der Waals surface area (Å²) < 4.78 is 5.15. The molecule has 2 aromatic carbocycles. The van der Waals surface area contributed by atoms with Crippen LogP contribution in [-0.2, 0) is 5.54 Å². The Morgan fingerprint density at radius 1 is 1.12 bits per heavy atom. The van der Waals surface area contributed by atoms with Crippen molar-refractivity contribution in [2.24, 2.45) is 0 Å². The van der Waals surface area contributed by atoms with Crippen molar-refractivity contribution in [2.45, 2.75) is 31.2 Å². The molecule has 0 radical (unpaired) electrons. The van der Waals surface area contributed by atoms with Crippen LogP contribution in [-0.4, -0.2) is 10.9 Å². The molecule has 0 unspecified atom stereocenters. The minimum atomic E-state index is -0.566. The fourth-order valence-electron chi connectivity index (χ4n) is 3.67. The number of aromatic amines is 1. The summed E-state index contributed by atoms with van der Waals surface area (Å²) in [5.74, 6) is -0.811. The number of para-hydroxylation sites is 1. The van der Waals surface area contributed by atoms with Gasteiger partial charge < -0.3 is 9.73 Å². The maximum atomic E-state index is 13.0. The van der Waals surface area contributed by atoms with Crippen LogP contribution >= 0.6 is 11.6 Å². The molecule has 0 spiro atoms. The number of halogens is 1. The molecule has 0 aliphatic heterocycles. The number of hydrogen-bond donors (Lipinski definition) is 2. The summed E-state index contributed by atoms with van der Waals surface area (Å²) in [6.45, 7) is 0. The first-order valence-corrected chi connectivity index (χ1v) is 8.66. The molecule has 1 heterocycles. The third-order valence-corrected chi connectivity index (χ3v) is 5.15. The summed E-state index contributed by atoms with van der Waals surface area (Å²) in [5.41, 5.74) is 1.79. The standard InChI is InChI=1S/C19H17ClN2O3/c20-13-8-6-12(7-9-13)19(10-1-2-11-19)22-17(23)14-4-3-5-15-16(14)25-18(24)21-15/h3-9H,1-2,10-11H2,(H,21,24)(H,22,23). The second kappa shape index (κ2) is 6.08. The van der Waals surface area contributed by atoms with Crippen LogP contribution < -0.4 is 11.1 Å². The molecule has 1 amide bonds. The van der Waals surface area contributed by atoms with E-state index in [1.54, 1.807) is 18.2 Å². The normalized spacial score (nSPS) is 16.2. The van der Waals surface area contributed by atoms with Gasteiger partial charge >= 0.3 is 5.76 Å². The molecule has 5 nitrogen and oxygen atoms in total.